The maximum absolute atomic E-state index is 5.20. The molecule has 0 aromatic carbocycles. The van der Waals surface area contributed by atoms with Gasteiger partial charge in [-0.2, -0.15) is 0 Å². The first-order valence-electron chi connectivity index (χ1n) is 3.69. The Morgan fingerprint density at radius 1 is 1.42 bits per heavy atom. The van der Waals surface area contributed by atoms with Gasteiger partial charge in [-0.05, 0) is 6.92 Å². The van der Waals surface area contributed by atoms with Crippen LogP contribution < -0.4 is 5.32 Å². The quantitative estimate of drug-likeness (QED) is 0.693. The van der Waals surface area contributed by atoms with Crippen LogP contribution in [-0.2, 0) is 0 Å². The number of hydrogen-bond acceptors (Lipinski definition) is 4. The van der Waals surface area contributed by atoms with E-state index in [-0.39, 0.29) is 0 Å². The summed E-state index contributed by atoms with van der Waals surface area (Å²) >= 11 is 0. The van der Waals surface area contributed by atoms with E-state index in [1.807, 2.05) is 14.0 Å². The molecular weight excluding hydrogens is 154 g/mol. The molecule has 2 aromatic heterocycles. The van der Waals surface area contributed by atoms with Crippen molar-refractivity contribution in [2.45, 2.75) is 6.92 Å². The van der Waals surface area contributed by atoms with Gasteiger partial charge >= 0.3 is 0 Å². The molecule has 0 saturated heterocycles. The summed E-state index contributed by atoms with van der Waals surface area (Å²) in [6.45, 7) is 1.97. The van der Waals surface area contributed by atoms with Crippen LogP contribution in [-0.4, -0.2) is 17.0 Å². The maximum Gasteiger partial charge on any atom is 0.231 e. The lowest BCUT2D eigenvalue weighted by Crippen LogP contribution is -1.93. The molecule has 0 atom stereocenters. The second-order valence-electron chi connectivity index (χ2n) is 2.57. The van der Waals surface area contributed by atoms with Gasteiger partial charge in [0.2, 0.25) is 5.71 Å². The van der Waals surface area contributed by atoms with Crippen molar-refractivity contribution in [1.29, 1.82) is 0 Å². The lowest BCUT2D eigenvalue weighted by molar-refractivity contribution is 0.600. The third-order valence-corrected chi connectivity index (χ3v) is 1.79. The highest BCUT2D eigenvalue weighted by atomic mass is 16.3. The van der Waals surface area contributed by atoms with Gasteiger partial charge in [-0.3, -0.25) is 0 Å². The van der Waals surface area contributed by atoms with Crippen molar-refractivity contribution < 1.29 is 4.42 Å². The molecule has 4 heteroatoms. The summed E-state index contributed by atoms with van der Waals surface area (Å²) in [5.74, 6) is 0.811. The van der Waals surface area contributed by atoms with Crippen LogP contribution in [0.4, 0.5) is 5.82 Å². The Hall–Kier alpha value is -1.58. The second kappa shape index (κ2) is 2.48. The summed E-state index contributed by atoms with van der Waals surface area (Å²) < 4.78 is 5.20. The molecule has 0 spiro atoms. The van der Waals surface area contributed by atoms with Crippen LogP contribution in [0.1, 0.15) is 5.56 Å². The van der Waals surface area contributed by atoms with Crippen LogP contribution in [0.3, 0.4) is 0 Å². The van der Waals surface area contributed by atoms with Crippen molar-refractivity contribution in [3.63, 3.8) is 0 Å². The third kappa shape index (κ3) is 0.845. The first-order valence-corrected chi connectivity index (χ1v) is 3.69. The molecule has 12 heavy (non-hydrogen) atoms. The van der Waals surface area contributed by atoms with Gasteiger partial charge in [0.1, 0.15) is 12.1 Å². The number of aryl methyl sites for hydroxylation is 1. The fourth-order valence-electron chi connectivity index (χ4n) is 1.21. The van der Waals surface area contributed by atoms with Gasteiger partial charge in [-0.1, -0.05) is 0 Å². The van der Waals surface area contributed by atoms with Crippen LogP contribution >= 0.6 is 0 Å². The van der Waals surface area contributed by atoms with E-state index in [0.717, 1.165) is 16.8 Å². The SMILES string of the molecule is CNc1ncnc2occ(C)c12. The summed E-state index contributed by atoms with van der Waals surface area (Å²) in [5.41, 5.74) is 1.68. The average Bonchev–Trinajstić information content (AvgIpc) is 2.48. The zero-order valence-corrected chi connectivity index (χ0v) is 6.96. The van der Waals surface area contributed by atoms with E-state index in [1.54, 1.807) is 6.26 Å². The Kier molecular flexibility index (Phi) is 1.46. The Bertz CT molecular complexity index is 408. The van der Waals surface area contributed by atoms with E-state index in [1.165, 1.54) is 6.33 Å². The highest BCUT2D eigenvalue weighted by Gasteiger charge is 2.07. The predicted molar refractivity (Wildman–Crippen MR) is 46.1 cm³/mol. The molecule has 0 saturated carbocycles. The third-order valence-electron chi connectivity index (χ3n) is 1.79. The minimum Gasteiger partial charge on any atom is -0.446 e. The Morgan fingerprint density at radius 3 is 3.00 bits per heavy atom. The van der Waals surface area contributed by atoms with Gasteiger partial charge in [-0.25, -0.2) is 9.97 Å². The van der Waals surface area contributed by atoms with Gasteiger partial charge in [-0.15, -0.1) is 0 Å². The monoisotopic (exact) mass is 163 g/mol. The molecule has 0 amide bonds. The van der Waals surface area contributed by atoms with Gasteiger partial charge in [0.25, 0.3) is 0 Å². The largest absolute Gasteiger partial charge is 0.446 e. The van der Waals surface area contributed by atoms with E-state index in [2.05, 4.69) is 15.3 Å². The molecular formula is C8H9N3O. The van der Waals surface area contributed by atoms with Crippen molar-refractivity contribution in [2.24, 2.45) is 0 Å². The van der Waals surface area contributed by atoms with E-state index < -0.39 is 0 Å². The van der Waals surface area contributed by atoms with Crippen LogP contribution in [0.2, 0.25) is 0 Å². The van der Waals surface area contributed by atoms with Crippen molar-refractivity contribution in [3.8, 4) is 0 Å². The van der Waals surface area contributed by atoms with Crippen molar-refractivity contribution in [3.05, 3.63) is 18.2 Å². The Labute approximate surface area is 69.6 Å². The zero-order valence-electron chi connectivity index (χ0n) is 6.96. The topological polar surface area (TPSA) is 51.0 Å². The predicted octanol–water partition coefficient (Wildman–Crippen LogP) is 1.57. The summed E-state index contributed by atoms with van der Waals surface area (Å²) in [6, 6.07) is 0. The normalized spacial score (nSPS) is 10.5. The molecule has 2 aromatic rings. The average molecular weight is 163 g/mol. The molecule has 4 nitrogen and oxygen atoms in total. The van der Waals surface area contributed by atoms with Crippen LogP contribution in [0.25, 0.3) is 11.1 Å². The molecule has 0 aliphatic heterocycles. The van der Waals surface area contributed by atoms with Crippen LogP contribution in [0.5, 0.6) is 0 Å². The molecule has 0 aliphatic rings. The van der Waals surface area contributed by atoms with E-state index >= 15 is 0 Å². The van der Waals surface area contributed by atoms with Crippen LogP contribution in [0.15, 0.2) is 17.0 Å². The molecule has 0 fully saturated rings. The molecule has 1 N–H and O–H groups in total. The second-order valence-corrected chi connectivity index (χ2v) is 2.57. The minimum atomic E-state index is 0.631. The Balaban J connectivity index is 2.84. The number of nitrogens with one attached hydrogen (secondary N) is 1. The van der Waals surface area contributed by atoms with E-state index in [9.17, 15) is 0 Å². The van der Waals surface area contributed by atoms with Crippen LogP contribution in [0, 0.1) is 6.92 Å². The lowest BCUT2D eigenvalue weighted by Gasteiger charge is -1.98. The summed E-state index contributed by atoms with van der Waals surface area (Å²) in [4.78, 5) is 8.07. The molecule has 2 heterocycles. The molecule has 2 rings (SSSR count). The number of hydrogen-bond donors (Lipinski definition) is 1. The number of fused-ring (bicyclic) bond motifs is 1. The fourth-order valence-corrected chi connectivity index (χ4v) is 1.21. The van der Waals surface area contributed by atoms with Gasteiger partial charge in [0.15, 0.2) is 0 Å². The molecule has 0 aliphatic carbocycles. The molecule has 62 valence electrons. The smallest absolute Gasteiger partial charge is 0.231 e. The lowest BCUT2D eigenvalue weighted by atomic mass is 10.2. The van der Waals surface area contributed by atoms with Crippen molar-refractivity contribution in [1.82, 2.24) is 9.97 Å². The number of nitrogens with zero attached hydrogens (tertiary/aromatic N) is 2. The number of aromatic nitrogens is 2. The maximum atomic E-state index is 5.20. The van der Waals surface area contributed by atoms with E-state index in [4.69, 9.17) is 4.42 Å². The van der Waals surface area contributed by atoms with Crippen molar-refractivity contribution in [2.75, 3.05) is 12.4 Å². The summed E-state index contributed by atoms with van der Waals surface area (Å²) in [6.07, 6.45) is 3.16. The highest BCUT2D eigenvalue weighted by molar-refractivity contribution is 5.88. The summed E-state index contributed by atoms with van der Waals surface area (Å²) in [5, 5.41) is 3.94. The van der Waals surface area contributed by atoms with Gasteiger partial charge in [0, 0.05) is 12.6 Å². The van der Waals surface area contributed by atoms with Crippen molar-refractivity contribution >= 4 is 16.9 Å². The highest BCUT2D eigenvalue weighted by Crippen LogP contribution is 2.23. The minimum absolute atomic E-state index is 0.631. The first-order chi connectivity index (χ1) is 5.83. The number of furan rings is 1. The zero-order chi connectivity index (χ0) is 8.55. The Morgan fingerprint density at radius 2 is 2.25 bits per heavy atom. The van der Waals surface area contributed by atoms with Gasteiger partial charge in [0.05, 0.1) is 11.6 Å². The fraction of sp³-hybridized carbons (Fsp3) is 0.250. The molecule has 0 bridgehead atoms. The molecule has 0 radical (unpaired) electrons. The standard InChI is InChI=1S/C8H9N3O/c1-5-3-12-8-6(5)7(9-2)10-4-11-8/h3-4H,1-2H3,(H,9,10,11). The van der Waals surface area contributed by atoms with Gasteiger partial charge < -0.3 is 9.73 Å². The first kappa shape index (κ1) is 7.09. The molecule has 0 unspecified atom stereocenters. The number of anilines is 1. The number of rotatable bonds is 1. The van der Waals surface area contributed by atoms with E-state index in [0.29, 0.717) is 5.71 Å². The summed E-state index contributed by atoms with van der Waals surface area (Å²) in [7, 11) is 1.83.